The molecule has 17 heavy (non-hydrogen) atoms. The van der Waals surface area contributed by atoms with Gasteiger partial charge in [-0.15, -0.1) is 0 Å². The van der Waals surface area contributed by atoms with Gasteiger partial charge in [0.15, 0.2) is 0 Å². The fourth-order valence-electron chi connectivity index (χ4n) is 3.07. The fourth-order valence-corrected chi connectivity index (χ4v) is 3.07. The third kappa shape index (κ3) is 2.80. The van der Waals surface area contributed by atoms with E-state index < -0.39 is 0 Å². The molecular formula is C13H24N2O2. The molecule has 1 saturated heterocycles. The Balaban J connectivity index is 1.95. The molecule has 0 radical (unpaired) electrons. The van der Waals surface area contributed by atoms with Gasteiger partial charge < -0.3 is 15.7 Å². The Morgan fingerprint density at radius 2 is 2.06 bits per heavy atom. The summed E-state index contributed by atoms with van der Waals surface area (Å²) in [6, 6.07) is 0. The summed E-state index contributed by atoms with van der Waals surface area (Å²) in [4.78, 5) is 12.2. The highest BCUT2D eigenvalue weighted by molar-refractivity contribution is 5.80. The highest BCUT2D eigenvalue weighted by Gasteiger charge is 2.37. The van der Waals surface area contributed by atoms with Gasteiger partial charge in [0.2, 0.25) is 5.91 Å². The van der Waals surface area contributed by atoms with E-state index in [-0.39, 0.29) is 24.0 Å². The molecule has 0 aromatic carbocycles. The molecular weight excluding hydrogens is 216 g/mol. The number of hydrogen-bond acceptors (Lipinski definition) is 3. The molecule has 2 aliphatic rings. The lowest BCUT2D eigenvalue weighted by atomic mass is 9.81. The summed E-state index contributed by atoms with van der Waals surface area (Å²) in [6.45, 7) is 3.88. The molecule has 1 aliphatic heterocycles. The van der Waals surface area contributed by atoms with Gasteiger partial charge in [-0.2, -0.15) is 0 Å². The van der Waals surface area contributed by atoms with E-state index in [9.17, 15) is 9.90 Å². The van der Waals surface area contributed by atoms with Crippen LogP contribution in [0.3, 0.4) is 0 Å². The number of carbonyl (C=O) groups excluding carboxylic acids is 1. The van der Waals surface area contributed by atoms with Crippen LogP contribution in [0.4, 0.5) is 0 Å². The smallest absolute Gasteiger partial charge is 0.225 e. The van der Waals surface area contributed by atoms with Crippen LogP contribution in [0.2, 0.25) is 0 Å². The summed E-state index contributed by atoms with van der Waals surface area (Å²) in [6.07, 6.45) is 5.28. The van der Waals surface area contributed by atoms with Crippen molar-refractivity contribution in [2.24, 2.45) is 11.8 Å². The summed E-state index contributed by atoms with van der Waals surface area (Å²) >= 11 is 0. The van der Waals surface area contributed by atoms with Crippen molar-refractivity contribution in [3.8, 4) is 0 Å². The molecule has 0 aromatic heterocycles. The van der Waals surface area contributed by atoms with Crippen LogP contribution in [-0.2, 0) is 4.79 Å². The summed E-state index contributed by atoms with van der Waals surface area (Å²) < 4.78 is 0. The predicted molar refractivity (Wildman–Crippen MR) is 66.6 cm³/mol. The Labute approximate surface area is 103 Å². The van der Waals surface area contributed by atoms with E-state index in [1.54, 1.807) is 0 Å². The molecule has 2 unspecified atom stereocenters. The fraction of sp³-hybridized carbons (Fsp3) is 0.923. The van der Waals surface area contributed by atoms with Crippen LogP contribution in [0.15, 0.2) is 0 Å². The second-order valence-electron chi connectivity index (χ2n) is 5.73. The van der Waals surface area contributed by atoms with Crippen LogP contribution in [0.1, 0.15) is 39.0 Å². The van der Waals surface area contributed by atoms with Crippen molar-refractivity contribution in [3.05, 3.63) is 0 Å². The molecule has 1 saturated carbocycles. The van der Waals surface area contributed by atoms with E-state index in [0.29, 0.717) is 5.92 Å². The topological polar surface area (TPSA) is 61.4 Å². The Morgan fingerprint density at radius 1 is 1.35 bits per heavy atom. The Morgan fingerprint density at radius 3 is 2.59 bits per heavy atom. The zero-order valence-corrected chi connectivity index (χ0v) is 10.7. The van der Waals surface area contributed by atoms with Gasteiger partial charge in [-0.3, -0.25) is 4.79 Å². The number of hydrogen-bond donors (Lipinski definition) is 3. The molecule has 2 fully saturated rings. The minimum atomic E-state index is -0.336. The highest BCUT2D eigenvalue weighted by atomic mass is 16.3. The van der Waals surface area contributed by atoms with E-state index in [0.717, 1.165) is 38.8 Å². The Hall–Kier alpha value is -0.610. The van der Waals surface area contributed by atoms with E-state index >= 15 is 0 Å². The Bertz CT molecular complexity index is 275. The molecule has 4 nitrogen and oxygen atoms in total. The molecule has 98 valence electrons. The van der Waals surface area contributed by atoms with Crippen LogP contribution in [0.25, 0.3) is 0 Å². The van der Waals surface area contributed by atoms with Gasteiger partial charge in [-0.25, -0.2) is 0 Å². The number of aliphatic hydroxyl groups excluding tert-OH is 1. The summed E-state index contributed by atoms with van der Waals surface area (Å²) in [5, 5.41) is 15.9. The average molecular weight is 240 g/mol. The zero-order chi connectivity index (χ0) is 12.3. The number of amides is 1. The van der Waals surface area contributed by atoms with Crippen molar-refractivity contribution in [3.63, 3.8) is 0 Å². The van der Waals surface area contributed by atoms with Gasteiger partial charge in [-0.1, -0.05) is 26.2 Å². The monoisotopic (exact) mass is 240 g/mol. The van der Waals surface area contributed by atoms with Gasteiger partial charge in [0.1, 0.15) is 0 Å². The number of rotatable bonds is 3. The summed E-state index contributed by atoms with van der Waals surface area (Å²) in [5.74, 6) is 0.591. The second-order valence-corrected chi connectivity index (χ2v) is 5.73. The average Bonchev–Trinajstić information content (AvgIpc) is 2.77. The van der Waals surface area contributed by atoms with E-state index in [2.05, 4.69) is 17.6 Å². The molecule has 0 aromatic rings. The van der Waals surface area contributed by atoms with Crippen LogP contribution in [0.5, 0.6) is 0 Å². The van der Waals surface area contributed by atoms with Gasteiger partial charge in [-0.05, 0) is 25.3 Å². The Kier molecular flexibility index (Phi) is 4.05. The third-order valence-electron chi connectivity index (χ3n) is 4.36. The maximum Gasteiger partial charge on any atom is 0.225 e. The van der Waals surface area contributed by atoms with Crippen molar-refractivity contribution < 1.29 is 9.90 Å². The van der Waals surface area contributed by atoms with Crippen molar-refractivity contribution in [1.29, 1.82) is 0 Å². The lowest BCUT2D eigenvalue weighted by Crippen LogP contribution is -2.54. The van der Waals surface area contributed by atoms with E-state index in [1.165, 1.54) is 6.42 Å². The molecule has 1 aliphatic carbocycles. The molecule has 1 amide bonds. The van der Waals surface area contributed by atoms with Crippen molar-refractivity contribution >= 4 is 5.91 Å². The second kappa shape index (κ2) is 5.36. The van der Waals surface area contributed by atoms with Crippen LogP contribution >= 0.6 is 0 Å². The van der Waals surface area contributed by atoms with Crippen LogP contribution in [-0.4, -0.2) is 36.2 Å². The molecule has 0 bridgehead atoms. The quantitative estimate of drug-likeness (QED) is 0.679. The lowest BCUT2D eigenvalue weighted by Gasteiger charge is -2.37. The number of aliphatic hydroxyl groups is 1. The van der Waals surface area contributed by atoms with Crippen LogP contribution < -0.4 is 10.6 Å². The maximum atomic E-state index is 12.2. The normalized spacial score (nSPS) is 32.4. The standard InChI is InChI=1S/C13H24N2O2/c1-10-7-14-8-11(10)12(17)15-13(9-16)5-3-2-4-6-13/h10-11,14,16H,2-9H2,1H3,(H,15,17). The van der Waals surface area contributed by atoms with Crippen molar-refractivity contribution in [1.82, 2.24) is 10.6 Å². The minimum absolute atomic E-state index is 0.0698. The molecule has 0 spiro atoms. The molecule has 2 atom stereocenters. The highest BCUT2D eigenvalue weighted by Crippen LogP contribution is 2.28. The van der Waals surface area contributed by atoms with Crippen molar-refractivity contribution in [2.45, 2.75) is 44.6 Å². The molecule has 2 rings (SSSR count). The molecule has 4 heteroatoms. The minimum Gasteiger partial charge on any atom is -0.394 e. The predicted octanol–water partition coefficient (Wildman–Crippen LogP) is 0.653. The van der Waals surface area contributed by atoms with E-state index in [4.69, 9.17) is 0 Å². The first-order valence-electron chi connectivity index (χ1n) is 6.80. The first-order valence-corrected chi connectivity index (χ1v) is 6.80. The summed E-state index contributed by atoms with van der Waals surface area (Å²) in [7, 11) is 0. The number of nitrogens with one attached hydrogen (secondary N) is 2. The molecule has 1 heterocycles. The maximum absolute atomic E-state index is 12.2. The third-order valence-corrected chi connectivity index (χ3v) is 4.36. The van der Waals surface area contributed by atoms with Crippen molar-refractivity contribution in [2.75, 3.05) is 19.7 Å². The first-order chi connectivity index (χ1) is 8.17. The first kappa shape index (κ1) is 12.8. The number of carbonyl (C=O) groups is 1. The van der Waals surface area contributed by atoms with Gasteiger partial charge in [0.25, 0.3) is 0 Å². The van der Waals surface area contributed by atoms with E-state index in [1.807, 2.05) is 0 Å². The van der Waals surface area contributed by atoms with Gasteiger partial charge >= 0.3 is 0 Å². The summed E-state index contributed by atoms with van der Waals surface area (Å²) in [5.41, 5.74) is -0.336. The molecule has 3 N–H and O–H groups in total. The largest absolute Gasteiger partial charge is 0.394 e. The van der Waals surface area contributed by atoms with Gasteiger partial charge in [0.05, 0.1) is 18.1 Å². The lowest BCUT2D eigenvalue weighted by molar-refractivity contribution is -0.128. The van der Waals surface area contributed by atoms with Gasteiger partial charge in [0, 0.05) is 6.54 Å². The SMILES string of the molecule is CC1CNCC1C(=O)NC1(CO)CCCCC1. The van der Waals surface area contributed by atoms with Crippen LogP contribution in [0, 0.1) is 11.8 Å². The zero-order valence-electron chi connectivity index (χ0n) is 10.7.